The van der Waals surface area contributed by atoms with E-state index in [9.17, 15) is 9.32 Å². The number of nitrogen functional groups attached to an aromatic ring is 1. The van der Waals surface area contributed by atoms with Crippen molar-refractivity contribution in [1.29, 1.82) is 0 Å². The number of benzene rings is 3. The molecule has 0 bridgehead atoms. The number of nitrogens with one attached hydrogen (secondary N) is 2. The molecular weight excluding hydrogens is 476 g/mol. The molecule has 1 saturated heterocycles. The van der Waals surface area contributed by atoms with E-state index in [0.717, 1.165) is 30.8 Å². The predicted octanol–water partition coefficient (Wildman–Crippen LogP) is 3.42. The average molecular weight is 509 g/mol. The second kappa shape index (κ2) is 11.9. The third-order valence-corrected chi connectivity index (χ3v) is 7.11. The minimum absolute atomic E-state index is 0.145. The third-order valence-electron chi connectivity index (χ3n) is 5.95. The monoisotopic (exact) mass is 508 g/mol. The van der Waals surface area contributed by atoms with Gasteiger partial charge in [0.2, 0.25) is 0 Å². The molecule has 0 radical (unpaired) electrons. The normalized spacial score (nSPS) is 15.1. The molecule has 0 saturated carbocycles. The van der Waals surface area contributed by atoms with E-state index in [0.29, 0.717) is 34.3 Å². The molecule has 1 unspecified atom stereocenters. The summed E-state index contributed by atoms with van der Waals surface area (Å²) in [6.45, 7) is 3.83. The average Bonchev–Trinajstić information content (AvgIpc) is 3.39. The van der Waals surface area contributed by atoms with Crippen LogP contribution in [-0.4, -0.2) is 53.5 Å². The van der Waals surface area contributed by atoms with Gasteiger partial charge in [-0.1, -0.05) is 12.1 Å². The zero-order valence-electron chi connectivity index (χ0n) is 20.2. The van der Waals surface area contributed by atoms with E-state index in [1.54, 1.807) is 61.7 Å². The van der Waals surface area contributed by atoms with E-state index >= 15 is 0 Å². The number of anilines is 2. The summed E-state index contributed by atoms with van der Waals surface area (Å²) in [5, 5.41) is 12.8. The van der Waals surface area contributed by atoms with Gasteiger partial charge < -0.3 is 31.5 Å². The third kappa shape index (κ3) is 6.54. The van der Waals surface area contributed by atoms with Gasteiger partial charge in [-0.3, -0.25) is 0 Å². The topological polar surface area (TPSA) is 138 Å². The highest BCUT2D eigenvalue weighted by Gasteiger charge is 2.13. The van der Waals surface area contributed by atoms with Crippen LogP contribution in [0.2, 0.25) is 0 Å². The Morgan fingerprint density at radius 2 is 1.89 bits per heavy atom. The van der Waals surface area contributed by atoms with Gasteiger partial charge >= 0.3 is 0 Å². The molecule has 1 atom stereocenters. The van der Waals surface area contributed by atoms with Crippen molar-refractivity contribution in [2.45, 2.75) is 17.7 Å². The fraction of sp³-hybridized carbons (Fsp3) is 0.269. The molecule has 190 valence electrons. The summed E-state index contributed by atoms with van der Waals surface area (Å²) in [5.41, 5.74) is 15.4. The molecule has 0 spiro atoms. The van der Waals surface area contributed by atoms with Crippen molar-refractivity contribution in [2.75, 3.05) is 44.3 Å². The van der Waals surface area contributed by atoms with Gasteiger partial charge in [0.15, 0.2) is 5.96 Å². The van der Waals surface area contributed by atoms with Gasteiger partial charge in [0, 0.05) is 30.4 Å². The second-order valence-corrected chi connectivity index (χ2v) is 9.82. The molecule has 7 N–H and O–H groups in total. The Hall–Kier alpha value is -3.60. The zero-order valence-corrected chi connectivity index (χ0v) is 21.1. The quantitative estimate of drug-likeness (QED) is 0.170. The van der Waals surface area contributed by atoms with Crippen molar-refractivity contribution in [3.8, 4) is 22.6 Å². The van der Waals surface area contributed by atoms with E-state index < -0.39 is 11.0 Å². The molecule has 10 heteroatoms. The summed E-state index contributed by atoms with van der Waals surface area (Å²) < 4.78 is 21.1. The van der Waals surface area contributed by atoms with Gasteiger partial charge in [-0.05, 0) is 74.0 Å². The highest BCUT2D eigenvalue weighted by atomic mass is 32.2. The van der Waals surface area contributed by atoms with Crippen LogP contribution in [0.4, 0.5) is 17.1 Å². The molecule has 9 nitrogen and oxygen atoms in total. The maximum absolute atomic E-state index is 12.5. The van der Waals surface area contributed by atoms with Gasteiger partial charge in [-0.2, -0.15) is 0 Å². The van der Waals surface area contributed by atoms with Crippen molar-refractivity contribution in [1.82, 2.24) is 9.62 Å². The Morgan fingerprint density at radius 3 is 2.58 bits per heavy atom. The number of phenols is 1. The molecule has 0 aliphatic carbocycles. The summed E-state index contributed by atoms with van der Waals surface area (Å²) in [6, 6.07) is 17.4. The molecule has 1 fully saturated rings. The lowest BCUT2D eigenvalue weighted by atomic mass is 10.0. The van der Waals surface area contributed by atoms with Gasteiger partial charge in [0.25, 0.3) is 0 Å². The van der Waals surface area contributed by atoms with Crippen molar-refractivity contribution in [2.24, 2.45) is 10.7 Å². The molecule has 3 aromatic rings. The van der Waals surface area contributed by atoms with Gasteiger partial charge in [0.05, 0.1) is 23.4 Å². The van der Waals surface area contributed by atoms with Crippen molar-refractivity contribution in [3.05, 3.63) is 60.7 Å². The number of aromatic hydroxyl groups is 1. The number of hydrogen-bond acceptors (Lipinski definition) is 6. The number of guanidine groups is 1. The predicted molar refractivity (Wildman–Crippen MR) is 146 cm³/mol. The van der Waals surface area contributed by atoms with E-state index in [1.807, 2.05) is 6.07 Å². The molecule has 1 heterocycles. The van der Waals surface area contributed by atoms with Crippen LogP contribution < -0.4 is 26.2 Å². The molecule has 1 aliphatic rings. The number of phenolic OH excluding ortho intramolecular Hbond substituents is 1. The largest absolute Gasteiger partial charge is 0.508 e. The lowest BCUT2D eigenvalue weighted by Gasteiger charge is -2.14. The number of ether oxygens (including phenoxy) is 1. The summed E-state index contributed by atoms with van der Waals surface area (Å²) in [7, 11) is 0.281. The van der Waals surface area contributed by atoms with Crippen LogP contribution in [-0.2, 0) is 11.0 Å². The Kier molecular flexibility index (Phi) is 8.42. The van der Waals surface area contributed by atoms with Crippen molar-refractivity contribution in [3.63, 3.8) is 0 Å². The number of methoxy groups -OCH3 is 1. The van der Waals surface area contributed by atoms with Crippen LogP contribution in [0.3, 0.4) is 0 Å². The first kappa shape index (κ1) is 25.5. The smallest absolute Gasteiger partial charge is 0.198 e. The maximum atomic E-state index is 12.5. The highest BCUT2D eigenvalue weighted by molar-refractivity contribution is 7.83. The van der Waals surface area contributed by atoms with Crippen LogP contribution >= 0.6 is 0 Å². The Bertz CT molecular complexity index is 1240. The minimum atomic E-state index is -1.27. The van der Waals surface area contributed by atoms with Crippen LogP contribution in [0.25, 0.3) is 11.1 Å². The summed E-state index contributed by atoms with van der Waals surface area (Å²) in [6.07, 6.45) is 2.49. The maximum Gasteiger partial charge on any atom is 0.198 e. The van der Waals surface area contributed by atoms with E-state index in [1.165, 1.54) is 12.8 Å². The lowest BCUT2D eigenvalue weighted by Crippen LogP contribution is -2.30. The molecule has 0 aromatic heterocycles. The fourth-order valence-electron chi connectivity index (χ4n) is 4.10. The highest BCUT2D eigenvalue weighted by Crippen LogP contribution is 2.38. The van der Waals surface area contributed by atoms with Gasteiger partial charge in [0.1, 0.15) is 22.5 Å². The zero-order chi connectivity index (χ0) is 25.5. The molecule has 3 aromatic carbocycles. The Balaban J connectivity index is 1.40. The number of nitrogens with two attached hydrogens (primary N) is 2. The number of aliphatic imine (C=N–C) groups is 1. The first-order valence-corrected chi connectivity index (χ1v) is 12.9. The molecule has 1 aliphatic heterocycles. The fourth-order valence-corrected chi connectivity index (χ4v) is 4.93. The standard InChI is InChI=1S/C26H32N6O3S/c1-35-25-17-24(23(27)16-22(25)18-5-4-6-20(33)15-18)31-26(28)30-19-7-9-21(10-8-19)36(34)29-11-14-32-12-2-3-13-32/h4-10,15-17,29,33H,2-3,11-14,27H2,1H3,(H3,28,30,31). The van der Waals surface area contributed by atoms with E-state index in [2.05, 4.69) is 19.9 Å². The first-order valence-electron chi connectivity index (χ1n) is 11.8. The van der Waals surface area contributed by atoms with E-state index in [4.69, 9.17) is 16.2 Å². The summed E-state index contributed by atoms with van der Waals surface area (Å²) in [5.74, 6) is 0.841. The molecule has 0 amide bonds. The SMILES string of the molecule is COc1cc(N=C(N)Nc2ccc(S(=O)NCCN3CCCC3)cc2)c(N)cc1-c1cccc(O)c1. The summed E-state index contributed by atoms with van der Waals surface area (Å²) in [4.78, 5) is 7.47. The number of rotatable bonds is 9. The Morgan fingerprint density at radius 1 is 1.14 bits per heavy atom. The molecule has 4 rings (SSSR count). The van der Waals surface area contributed by atoms with Crippen LogP contribution in [0.5, 0.6) is 11.5 Å². The lowest BCUT2D eigenvalue weighted by molar-refractivity contribution is 0.345. The second-order valence-electron chi connectivity index (χ2n) is 8.52. The molecular formula is C26H32N6O3S. The summed E-state index contributed by atoms with van der Waals surface area (Å²) >= 11 is 0. The van der Waals surface area contributed by atoms with Crippen molar-refractivity contribution < 1.29 is 14.1 Å². The number of likely N-dealkylation sites (tertiary alicyclic amines) is 1. The van der Waals surface area contributed by atoms with Crippen LogP contribution in [0.1, 0.15) is 12.8 Å². The van der Waals surface area contributed by atoms with Gasteiger partial charge in [-0.15, -0.1) is 0 Å². The number of hydrogen-bond donors (Lipinski definition) is 5. The van der Waals surface area contributed by atoms with Crippen molar-refractivity contribution >= 4 is 34.0 Å². The minimum Gasteiger partial charge on any atom is -0.508 e. The van der Waals surface area contributed by atoms with E-state index in [-0.39, 0.29) is 11.7 Å². The van der Waals surface area contributed by atoms with Crippen LogP contribution in [0.15, 0.2) is 70.6 Å². The van der Waals surface area contributed by atoms with Crippen LogP contribution in [0, 0.1) is 0 Å². The molecule has 36 heavy (non-hydrogen) atoms. The number of nitrogens with zero attached hydrogens (tertiary/aromatic N) is 2. The first-order chi connectivity index (χ1) is 17.4. The van der Waals surface area contributed by atoms with Gasteiger partial charge in [-0.25, -0.2) is 13.9 Å². The Labute approximate surface area is 213 Å².